The van der Waals surface area contributed by atoms with Crippen LogP contribution in [0.2, 0.25) is 0 Å². The van der Waals surface area contributed by atoms with E-state index in [0.29, 0.717) is 12.0 Å². The van der Waals surface area contributed by atoms with Crippen LogP contribution in [0.4, 0.5) is 4.79 Å². The van der Waals surface area contributed by atoms with E-state index in [1.165, 1.54) is 4.90 Å². The first-order valence-corrected chi connectivity index (χ1v) is 13.4. The van der Waals surface area contributed by atoms with E-state index in [1.807, 2.05) is 52.8 Å². The third kappa shape index (κ3) is 11.1. The zero-order chi connectivity index (χ0) is 29.3. The first-order chi connectivity index (χ1) is 17.5. The third-order valence-corrected chi connectivity index (χ3v) is 5.80. The number of alkyl carbamates (subject to hydrolysis) is 1. The Bertz CT molecular complexity index is 958. The van der Waals surface area contributed by atoms with Gasteiger partial charge in [-0.15, -0.1) is 0 Å². The maximum absolute atomic E-state index is 14.1. The average molecular weight is 533 g/mol. The summed E-state index contributed by atoms with van der Waals surface area (Å²) in [5.74, 6) is -1.66. The van der Waals surface area contributed by atoms with Crippen molar-refractivity contribution in [2.75, 3.05) is 6.54 Å². The normalized spacial score (nSPS) is 13.3. The van der Waals surface area contributed by atoms with E-state index < -0.39 is 47.6 Å². The summed E-state index contributed by atoms with van der Waals surface area (Å²) in [5.41, 5.74) is 6.54. The predicted molar refractivity (Wildman–Crippen MR) is 149 cm³/mol. The summed E-state index contributed by atoms with van der Waals surface area (Å²) < 4.78 is 5.34. The number of aryl methyl sites for hydroxylation is 2. The van der Waals surface area contributed by atoms with Crippen molar-refractivity contribution in [1.29, 1.82) is 0 Å². The smallest absolute Gasteiger partial charge is 0.408 e. The van der Waals surface area contributed by atoms with Crippen molar-refractivity contribution in [2.24, 2.45) is 5.73 Å². The van der Waals surface area contributed by atoms with Crippen LogP contribution in [0.1, 0.15) is 103 Å². The first kappa shape index (κ1) is 32.9. The Morgan fingerprint density at radius 3 is 2.03 bits per heavy atom. The van der Waals surface area contributed by atoms with Gasteiger partial charge in [-0.2, -0.15) is 0 Å². The van der Waals surface area contributed by atoms with Crippen LogP contribution in [0.3, 0.4) is 0 Å². The molecule has 1 aromatic carbocycles. The number of carbonyl (C=O) groups is 4. The molecule has 0 heterocycles. The van der Waals surface area contributed by atoms with Crippen LogP contribution in [0.5, 0.6) is 0 Å². The molecule has 214 valence electrons. The molecule has 0 spiro atoms. The minimum atomic E-state index is -1.29. The van der Waals surface area contributed by atoms with Crippen molar-refractivity contribution in [3.05, 3.63) is 34.9 Å². The highest BCUT2D eigenvalue weighted by Gasteiger charge is 2.38. The second-order valence-electron chi connectivity index (χ2n) is 11.9. The van der Waals surface area contributed by atoms with Crippen LogP contribution in [0.15, 0.2) is 18.2 Å². The molecule has 0 aliphatic rings. The van der Waals surface area contributed by atoms with Gasteiger partial charge in [-0.25, -0.2) is 4.79 Å². The molecule has 9 nitrogen and oxygen atoms in total. The summed E-state index contributed by atoms with van der Waals surface area (Å²) in [6.07, 6.45) is 2.23. The summed E-state index contributed by atoms with van der Waals surface area (Å²) in [5, 5.41) is 5.55. The minimum Gasteiger partial charge on any atom is -0.444 e. The van der Waals surface area contributed by atoms with Crippen molar-refractivity contribution >= 4 is 23.8 Å². The molecule has 0 saturated heterocycles. The largest absolute Gasteiger partial charge is 0.444 e. The van der Waals surface area contributed by atoms with Crippen molar-refractivity contribution < 1.29 is 23.9 Å². The van der Waals surface area contributed by atoms with Crippen LogP contribution in [-0.4, -0.2) is 52.4 Å². The van der Waals surface area contributed by atoms with E-state index in [4.69, 9.17) is 10.5 Å². The Hall–Kier alpha value is -3.10. The molecule has 4 N–H and O–H groups in total. The van der Waals surface area contributed by atoms with Gasteiger partial charge in [0.25, 0.3) is 0 Å². The number of nitrogens with two attached hydrogens (primary N) is 1. The lowest BCUT2D eigenvalue weighted by Gasteiger charge is -2.37. The van der Waals surface area contributed by atoms with E-state index in [9.17, 15) is 19.2 Å². The van der Waals surface area contributed by atoms with E-state index >= 15 is 0 Å². The number of hydrogen-bond donors (Lipinski definition) is 3. The number of amides is 4. The Balaban J connectivity index is 3.64. The average Bonchev–Trinajstić information content (AvgIpc) is 2.73. The van der Waals surface area contributed by atoms with Gasteiger partial charge in [-0.05, 0) is 78.5 Å². The van der Waals surface area contributed by atoms with E-state index in [2.05, 4.69) is 17.6 Å². The molecule has 2 atom stereocenters. The Morgan fingerprint density at radius 1 is 0.974 bits per heavy atom. The van der Waals surface area contributed by atoms with Gasteiger partial charge < -0.3 is 26.0 Å². The lowest BCUT2D eigenvalue weighted by Crippen LogP contribution is -2.55. The highest BCUT2D eigenvalue weighted by molar-refractivity contribution is 5.95. The fourth-order valence-electron chi connectivity index (χ4n) is 4.25. The van der Waals surface area contributed by atoms with Gasteiger partial charge in [0.05, 0.1) is 6.42 Å². The van der Waals surface area contributed by atoms with E-state index in [-0.39, 0.29) is 12.5 Å². The molecule has 0 saturated carbocycles. The molecular weight excluding hydrogens is 484 g/mol. The van der Waals surface area contributed by atoms with Gasteiger partial charge in [0, 0.05) is 12.1 Å². The number of primary amides is 1. The summed E-state index contributed by atoms with van der Waals surface area (Å²) >= 11 is 0. The second-order valence-corrected chi connectivity index (χ2v) is 11.9. The van der Waals surface area contributed by atoms with Crippen molar-refractivity contribution in [1.82, 2.24) is 15.5 Å². The molecule has 0 aromatic heterocycles. The Labute approximate surface area is 228 Å². The highest BCUT2D eigenvalue weighted by Crippen LogP contribution is 2.30. The summed E-state index contributed by atoms with van der Waals surface area (Å²) in [4.78, 5) is 54.0. The maximum Gasteiger partial charge on any atom is 0.408 e. The number of carbonyl (C=O) groups excluding carboxylic acids is 4. The van der Waals surface area contributed by atoms with Gasteiger partial charge in [0.1, 0.15) is 17.7 Å². The molecule has 38 heavy (non-hydrogen) atoms. The molecule has 4 amide bonds. The van der Waals surface area contributed by atoms with Crippen molar-refractivity contribution in [2.45, 2.75) is 118 Å². The molecule has 0 radical (unpaired) electrons. The quantitative estimate of drug-likeness (QED) is 0.343. The lowest BCUT2D eigenvalue weighted by molar-refractivity contribution is -0.144. The number of nitrogens with one attached hydrogen (secondary N) is 2. The van der Waals surface area contributed by atoms with Gasteiger partial charge in [0.15, 0.2) is 0 Å². The Morgan fingerprint density at radius 2 is 1.55 bits per heavy atom. The molecular formula is C29H48N4O5. The van der Waals surface area contributed by atoms with Crippen molar-refractivity contribution in [3.63, 3.8) is 0 Å². The number of nitrogens with zero attached hydrogens (tertiary/aromatic N) is 1. The van der Waals surface area contributed by atoms with Crippen LogP contribution in [-0.2, 0) is 19.1 Å². The van der Waals surface area contributed by atoms with Gasteiger partial charge in [-0.1, -0.05) is 44.4 Å². The first-order valence-electron chi connectivity index (χ1n) is 13.4. The zero-order valence-corrected chi connectivity index (χ0v) is 24.7. The number of hydrogen-bond acceptors (Lipinski definition) is 5. The number of ether oxygens (including phenoxy) is 1. The highest BCUT2D eigenvalue weighted by atomic mass is 16.6. The molecule has 9 heteroatoms. The summed E-state index contributed by atoms with van der Waals surface area (Å²) in [6, 6.07) is 3.45. The fourth-order valence-corrected chi connectivity index (χ4v) is 4.25. The standard InChI is InChI=1S/C29H48N4O5/c1-10-11-12-13-17-33(26(36)21(18-22(30)34)31-27(37)38-29(7,8)9)24(25(35)32-28(4,5)6)23-19(2)15-14-16-20(23)3/h14-16,21,24H,10-13,17-18H2,1-9H3,(H2,30,34)(H,31,37)(H,32,35). The van der Waals surface area contributed by atoms with E-state index in [0.717, 1.165) is 30.4 Å². The topological polar surface area (TPSA) is 131 Å². The molecule has 2 unspecified atom stereocenters. The monoisotopic (exact) mass is 532 g/mol. The molecule has 0 aliphatic carbocycles. The number of benzene rings is 1. The molecule has 0 aliphatic heterocycles. The SMILES string of the molecule is CCCCCCN(C(=O)C(CC(N)=O)NC(=O)OC(C)(C)C)C(C(=O)NC(C)(C)C)c1c(C)cccc1C. The number of unbranched alkanes of at least 4 members (excludes halogenated alkanes) is 3. The summed E-state index contributed by atoms with van der Waals surface area (Å²) in [6.45, 7) is 16.9. The molecule has 1 aromatic rings. The van der Waals surface area contributed by atoms with Gasteiger partial charge >= 0.3 is 6.09 Å². The number of rotatable bonds is 12. The van der Waals surface area contributed by atoms with Crippen LogP contribution in [0, 0.1) is 13.8 Å². The van der Waals surface area contributed by atoms with Crippen LogP contribution < -0.4 is 16.4 Å². The van der Waals surface area contributed by atoms with Gasteiger partial charge in [0.2, 0.25) is 17.7 Å². The molecule has 0 bridgehead atoms. The molecule has 1 rings (SSSR count). The summed E-state index contributed by atoms with van der Waals surface area (Å²) in [7, 11) is 0. The van der Waals surface area contributed by atoms with E-state index in [1.54, 1.807) is 20.8 Å². The van der Waals surface area contributed by atoms with Crippen LogP contribution in [0.25, 0.3) is 0 Å². The third-order valence-electron chi connectivity index (χ3n) is 5.80. The molecule has 0 fully saturated rings. The van der Waals surface area contributed by atoms with Gasteiger partial charge in [-0.3, -0.25) is 14.4 Å². The minimum absolute atomic E-state index is 0.264. The van der Waals surface area contributed by atoms with Crippen molar-refractivity contribution in [3.8, 4) is 0 Å². The van der Waals surface area contributed by atoms with Crippen LogP contribution >= 0.6 is 0 Å². The fraction of sp³-hybridized carbons (Fsp3) is 0.655. The zero-order valence-electron chi connectivity index (χ0n) is 24.7. The second kappa shape index (κ2) is 14.2. The predicted octanol–water partition coefficient (Wildman–Crippen LogP) is 4.44. The lowest BCUT2D eigenvalue weighted by atomic mass is 9.92. The Kier molecular flexibility index (Phi) is 12.3. The maximum atomic E-state index is 14.1.